The molecule has 0 fully saturated rings. The van der Waals surface area contributed by atoms with Crippen LogP contribution in [-0.4, -0.2) is 22.8 Å². The normalized spacial score (nSPS) is 11.3. The van der Waals surface area contributed by atoms with Crippen LogP contribution >= 0.6 is 11.6 Å². The summed E-state index contributed by atoms with van der Waals surface area (Å²) >= 11 is 5.74. The first-order valence-corrected chi connectivity index (χ1v) is 7.62. The maximum absolute atomic E-state index is 13.5. The van der Waals surface area contributed by atoms with Crippen LogP contribution in [0, 0.1) is 15.9 Å². The Morgan fingerprint density at radius 2 is 1.92 bits per heavy atom. The molecule has 2 amide bonds. The number of hydrogen-bond donors (Lipinski definition) is 2. The Hall–Kier alpha value is -3.20. The summed E-state index contributed by atoms with van der Waals surface area (Å²) in [6.45, 7) is 1.34. The molecule has 10 heteroatoms. The molecule has 0 heterocycles. The number of benzene rings is 2. The Bertz CT molecular complexity index is 862. The lowest BCUT2D eigenvalue weighted by atomic mass is 10.1. The summed E-state index contributed by atoms with van der Waals surface area (Å²) in [4.78, 5) is 34.2. The molecule has 0 aliphatic heterocycles. The Kier molecular flexibility index (Phi) is 6.07. The van der Waals surface area contributed by atoms with E-state index in [1.165, 1.54) is 37.3 Å². The van der Waals surface area contributed by atoms with E-state index in [1.807, 2.05) is 5.43 Å². The summed E-state index contributed by atoms with van der Waals surface area (Å²) in [7, 11) is 0. The van der Waals surface area contributed by atoms with E-state index in [2.05, 4.69) is 5.43 Å². The average molecular weight is 382 g/mol. The molecule has 136 valence electrons. The van der Waals surface area contributed by atoms with Crippen molar-refractivity contribution in [2.75, 3.05) is 0 Å². The average Bonchev–Trinajstić information content (AvgIpc) is 2.60. The van der Waals surface area contributed by atoms with Crippen molar-refractivity contribution >= 4 is 29.1 Å². The molecule has 0 aliphatic rings. The number of hydrogen-bond acceptors (Lipinski definition) is 5. The molecule has 2 rings (SSSR count). The maximum Gasteiger partial charge on any atom is 0.282 e. The molecule has 8 nitrogen and oxygen atoms in total. The lowest BCUT2D eigenvalue weighted by Crippen LogP contribution is -2.47. The molecule has 0 unspecified atom stereocenters. The molecule has 0 spiro atoms. The van der Waals surface area contributed by atoms with Crippen LogP contribution in [0.15, 0.2) is 42.5 Å². The van der Waals surface area contributed by atoms with Crippen molar-refractivity contribution in [2.45, 2.75) is 13.0 Å². The number of nitrogens with zero attached hydrogens (tertiary/aromatic N) is 1. The van der Waals surface area contributed by atoms with Crippen LogP contribution in [-0.2, 0) is 4.79 Å². The van der Waals surface area contributed by atoms with E-state index in [0.717, 1.165) is 12.1 Å². The molecule has 2 N–H and O–H groups in total. The third-order valence-electron chi connectivity index (χ3n) is 3.21. The van der Waals surface area contributed by atoms with Gasteiger partial charge in [0.1, 0.15) is 5.56 Å². The maximum atomic E-state index is 13.5. The highest BCUT2D eigenvalue weighted by atomic mass is 35.5. The van der Waals surface area contributed by atoms with Crippen molar-refractivity contribution in [3.05, 3.63) is 69.0 Å². The first-order valence-electron chi connectivity index (χ1n) is 7.25. The SMILES string of the molecule is C[C@@H](Oc1ccccc1F)C(=O)NNC(=O)c1cc(Cl)ccc1[N+](=O)[O-]. The zero-order valence-corrected chi connectivity index (χ0v) is 14.1. The second-order valence-electron chi connectivity index (χ2n) is 5.05. The van der Waals surface area contributed by atoms with Gasteiger partial charge in [0.15, 0.2) is 17.7 Å². The highest BCUT2D eigenvalue weighted by Crippen LogP contribution is 2.22. The highest BCUT2D eigenvalue weighted by Gasteiger charge is 2.22. The fourth-order valence-electron chi connectivity index (χ4n) is 1.92. The Balaban J connectivity index is 2.01. The van der Waals surface area contributed by atoms with E-state index >= 15 is 0 Å². The molecule has 1 atom stereocenters. The number of nitro benzene ring substituents is 1. The van der Waals surface area contributed by atoms with Gasteiger partial charge in [-0.3, -0.25) is 30.6 Å². The molecule has 0 radical (unpaired) electrons. The first-order chi connectivity index (χ1) is 12.3. The topological polar surface area (TPSA) is 111 Å². The van der Waals surface area contributed by atoms with E-state index in [1.54, 1.807) is 0 Å². The van der Waals surface area contributed by atoms with Gasteiger partial charge in [0.05, 0.1) is 4.92 Å². The second kappa shape index (κ2) is 8.26. The molecular weight excluding hydrogens is 369 g/mol. The third-order valence-corrected chi connectivity index (χ3v) is 3.44. The monoisotopic (exact) mass is 381 g/mol. The number of hydrazine groups is 1. The minimum absolute atomic E-state index is 0.114. The van der Waals surface area contributed by atoms with Crippen LogP contribution in [0.1, 0.15) is 17.3 Å². The van der Waals surface area contributed by atoms with Crippen molar-refractivity contribution in [1.82, 2.24) is 10.9 Å². The summed E-state index contributed by atoms with van der Waals surface area (Å²) in [6, 6.07) is 8.93. The highest BCUT2D eigenvalue weighted by molar-refractivity contribution is 6.31. The summed E-state index contributed by atoms with van der Waals surface area (Å²) in [6.07, 6.45) is -1.14. The number of ether oxygens (including phenoxy) is 1. The zero-order valence-electron chi connectivity index (χ0n) is 13.4. The third kappa shape index (κ3) is 4.67. The second-order valence-corrected chi connectivity index (χ2v) is 5.49. The molecule has 2 aromatic carbocycles. The molecule has 2 aromatic rings. The fourth-order valence-corrected chi connectivity index (χ4v) is 2.09. The van der Waals surface area contributed by atoms with Crippen LogP contribution < -0.4 is 15.6 Å². The van der Waals surface area contributed by atoms with Gasteiger partial charge in [0.25, 0.3) is 17.5 Å². The van der Waals surface area contributed by atoms with Gasteiger partial charge < -0.3 is 4.74 Å². The number of nitro groups is 1. The summed E-state index contributed by atoms with van der Waals surface area (Å²) in [5.74, 6) is -2.50. The molecule has 0 bridgehead atoms. The van der Waals surface area contributed by atoms with Crippen molar-refractivity contribution in [2.24, 2.45) is 0 Å². The number of rotatable bonds is 5. The standard InChI is InChI=1S/C16H13ClFN3O5/c1-9(26-14-5-3-2-4-12(14)18)15(22)19-20-16(23)11-8-10(17)6-7-13(11)21(24)25/h2-9H,1H3,(H,19,22)(H,20,23)/t9-/m1/s1. The van der Waals surface area contributed by atoms with Crippen LogP contribution in [0.5, 0.6) is 5.75 Å². The molecular formula is C16H13ClFN3O5. The lowest BCUT2D eigenvalue weighted by molar-refractivity contribution is -0.385. The van der Waals surface area contributed by atoms with Gasteiger partial charge in [0.2, 0.25) is 0 Å². The number of nitrogens with one attached hydrogen (secondary N) is 2. The summed E-state index contributed by atoms with van der Waals surface area (Å²) < 4.78 is 18.7. The van der Waals surface area contributed by atoms with Crippen LogP contribution in [0.2, 0.25) is 5.02 Å². The quantitative estimate of drug-likeness (QED) is 0.611. The molecule has 0 aromatic heterocycles. The van der Waals surface area contributed by atoms with E-state index in [4.69, 9.17) is 16.3 Å². The van der Waals surface area contributed by atoms with Gasteiger partial charge in [0, 0.05) is 11.1 Å². The van der Waals surface area contributed by atoms with Crippen LogP contribution in [0.25, 0.3) is 0 Å². The minimum Gasteiger partial charge on any atom is -0.478 e. The predicted molar refractivity (Wildman–Crippen MR) is 90.2 cm³/mol. The Labute approximate surface area is 152 Å². The van der Waals surface area contributed by atoms with Gasteiger partial charge in [-0.1, -0.05) is 23.7 Å². The Morgan fingerprint density at radius 1 is 1.23 bits per heavy atom. The molecule has 26 heavy (non-hydrogen) atoms. The van der Waals surface area contributed by atoms with Crippen LogP contribution in [0.4, 0.5) is 10.1 Å². The van der Waals surface area contributed by atoms with E-state index in [9.17, 15) is 24.1 Å². The van der Waals surface area contributed by atoms with Gasteiger partial charge in [-0.25, -0.2) is 4.39 Å². The van der Waals surface area contributed by atoms with Gasteiger partial charge in [-0.15, -0.1) is 0 Å². The molecule has 0 saturated carbocycles. The zero-order chi connectivity index (χ0) is 19.3. The smallest absolute Gasteiger partial charge is 0.282 e. The van der Waals surface area contributed by atoms with E-state index in [-0.39, 0.29) is 16.3 Å². The van der Waals surface area contributed by atoms with E-state index in [0.29, 0.717) is 0 Å². The van der Waals surface area contributed by atoms with Gasteiger partial charge in [-0.05, 0) is 31.2 Å². The molecule has 0 saturated heterocycles. The lowest BCUT2D eigenvalue weighted by Gasteiger charge is -2.15. The first kappa shape index (κ1) is 19.1. The number of carbonyl (C=O) groups is 2. The van der Waals surface area contributed by atoms with Gasteiger partial charge >= 0.3 is 0 Å². The summed E-state index contributed by atoms with van der Waals surface area (Å²) in [5, 5.41) is 11.1. The van der Waals surface area contributed by atoms with Crippen molar-refractivity contribution in [3.8, 4) is 5.75 Å². The van der Waals surface area contributed by atoms with E-state index < -0.39 is 34.3 Å². The number of halogens is 2. The van der Waals surface area contributed by atoms with Crippen molar-refractivity contribution < 1.29 is 23.6 Å². The predicted octanol–water partition coefficient (Wildman–Crippen LogP) is 2.62. The minimum atomic E-state index is -1.14. The number of para-hydroxylation sites is 1. The largest absolute Gasteiger partial charge is 0.478 e. The fraction of sp³-hybridized carbons (Fsp3) is 0.125. The Morgan fingerprint density at radius 3 is 2.58 bits per heavy atom. The number of carbonyl (C=O) groups excluding carboxylic acids is 2. The van der Waals surface area contributed by atoms with Crippen molar-refractivity contribution in [1.29, 1.82) is 0 Å². The van der Waals surface area contributed by atoms with Gasteiger partial charge in [-0.2, -0.15) is 0 Å². The number of amides is 2. The molecule has 0 aliphatic carbocycles. The van der Waals surface area contributed by atoms with Crippen LogP contribution in [0.3, 0.4) is 0 Å². The van der Waals surface area contributed by atoms with Crippen molar-refractivity contribution in [3.63, 3.8) is 0 Å². The summed E-state index contributed by atoms with van der Waals surface area (Å²) in [5.41, 5.74) is 3.28.